The number of nitrogens with one attached hydrogen (secondary N) is 1. The molecule has 0 aliphatic rings. The maximum absolute atomic E-state index is 12.5. The smallest absolute Gasteiger partial charge is 0.240 e. The molecule has 0 aromatic heterocycles. The number of carbonyl (C=O) groups excluding carboxylic acids is 2. The van der Waals surface area contributed by atoms with E-state index in [0.29, 0.717) is 28.7 Å². The van der Waals surface area contributed by atoms with Crippen LogP contribution in [0.4, 0.5) is 5.69 Å². The SMILES string of the molecule is CC(C)C[C@H](NC(=O)Cc1ccccc1N(N)Cc1ccc(Cl)cc1Cl)C(N)=O. The molecule has 8 heteroatoms. The second-order valence-corrected chi connectivity index (χ2v) is 8.16. The number of nitrogens with zero attached hydrogens (tertiary/aromatic N) is 1. The minimum atomic E-state index is -0.698. The van der Waals surface area contributed by atoms with Gasteiger partial charge in [-0.15, -0.1) is 0 Å². The van der Waals surface area contributed by atoms with E-state index in [4.69, 9.17) is 34.8 Å². The lowest BCUT2D eigenvalue weighted by Gasteiger charge is -2.23. The van der Waals surface area contributed by atoms with Crippen LogP contribution in [-0.2, 0) is 22.6 Å². The number of nitrogens with two attached hydrogens (primary N) is 2. The number of hydrogen-bond donors (Lipinski definition) is 3. The fourth-order valence-corrected chi connectivity index (χ4v) is 3.46. The highest BCUT2D eigenvalue weighted by atomic mass is 35.5. The summed E-state index contributed by atoms with van der Waals surface area (Å²) >= 11 is 12.2. The molecule has 0 saturated carbocycles. The molecule has 1 atom stereocenters. The lowest BCUT2D eigenvalue weighted by molar-refractivity contribution is -0.127. The minimum absolute atomic E-state index is 0.0695. The summed E-state index contributed by atoms with van der Waals surface area (Å²) in [6.07, 6.45) is 0.556. The maximum Gasteiger partial charge on any atom is 0.240 e. The number of carbonyl (C=O) groups is 2. The quantitative estimate of drug-likeness (QED) is 0.413. The van der Waals surface area contributed by atoms with Crippen LogP contribution in [0.5, 0.6) is 0 Å². The monoisotopic (exact) mass is 436 g/mol. The molecule has 0 radical (unpaired) electrons. The Morgan fingerprint density at radius 1 is 1.10 bits per heavy atom. The van der Waals surface area contributed by atoms with E-state index in [1.807, 2.05) is 44.2 Å². The van der Waals surface area contributed by atoms with Crippen molar-refractivity contribution in [2.45, 2.75) is 39.3 Å². The zero-order chi connectivity index (χ0) is 21.6. The lowest BCUT2D eigenvalue weighted by Crippen LogP contribution is -2.45. The Morgan fingerprint density at radius 2 is 1.79 bits per heavy atom. The molecule has 0 heterocycles. The van der Waals surface area contributed by atoms with Crippen LogP contribution >= 0.6 is 23.2 Å². The van der Waals surface area contributed by atoms with E-state index in [2.05, 4.69) is 5.32 Å². The largest absolute Gasteiger partial charge is 0.368 e. The predicted octanol–water partition coefficient (Wildman–Crippen LogP) is 3.43. The molecule has 0 bridgehead atoms. The molecular formula is C21H26Cl2N4O2. The first-order chi connectivity index (χ1) is 13.7. The zero-order valence-electron chi connectivity index (χ0n) is 16.5. The van der Waals surface area contributed by atoms with E-state index in [0.717, 1.165) is 11.1 Å². The van der Waals surface area contributed by atoms with Gasteiger partial charge in [0.05, 0.1) is 18.7 Å². The molecule has 29 heavy (non-hydrogen) atoms. The van der Waals surface area contributed by atoms with Gasteiger partial charge in [0.2, 0.25) is 11.8 Å². The second-order valence-electron chi connectivity index (χ2n) is 7.32. The average Bonchev–Trinajstić information content (AvgIpc) is 2.63. The minimum Gasteiger partial charge on any atom is -0.368 e. The van der Waals surface area contributed by atoms with Crippen LogP contribution in [0.2, 0.25) is 10.0 Å². The van der Waals surface area contributed by atoms with Crippen molar-refractivity contribution in [3.63, 3.8) is 0 Å². The average molecular weight is 437 g/mol. The molecule has 6 nitrogen and oxygen atoms in total. The van der Waals surface area contributed by atoms with E-state index >= 15 is 0 Å². The van der Waals surface area contributed by atoms with Crippen LogP contribution in [0.25, 0.3) is 0 Å². The normalized spacial score (nSPS) is 11.9. The van der Waals surface area contributed by atoms with Gasteiger partial charge in [0, 0.05) is 10.0 Å². The number of rotatable bonds is 9. The number of anilines is 1. The summed E-state index contributed by atoms with van der Waals surface area (Å²) < 4.78 is 0. The molecule has 5 N–H and O–H groups in total. The number of amides is 2. The number of primary amides is 1. The Labute approximate surface area is 181 Å². The van der Waals surface area contributed by atoms with Crippen LogP contribution in [0, 0.1) is 5.92 Å². The predicted molar refractivity (Wildman–Crippen MR) is 118 cm³/mol. The maximum atomic E-state index is 12.5. The highest BCUT2D eigenvalue weighted by Gasteiger charge is 2.20. The molecule has 2 rings (SSSR count). The van der Waals surface area contributed by atoms with Gasteiger partial charge in [-0.25, -0.2) is 5.84 Å². The molecule has 0 spiro atoms. The molecule has 2 amide bonds. The molecule has 0 aliphatic heterocycles. The third-order valence-corrected chi connectivity index (χ3v) is 4.98. The van der Waals surface area contributed by atoms with Crippen LogP contribution in [0.15, 0.2) is 42.5 Å². The van der Waals surface area contributed by atoms with Crippen LogP contribution in [0.3, 0.4) is 0 Å². The molecule has 0 saturated heterocycles. The third kappa shape index (κ3) is 6.92. The van der Waals surface area contributed by atoms with Gasteiger partial charge in [-0.1, -0.05) is 61.3 Å². The van der Waals surface area contributed by atoms with Crippen molar-refractivity contribution in [3.05, 3.63) is 63.6 Å². The number of halogens is 2. The van der Waals surface area contributed by atoms with E-state index < -0.39 is 11.9 Å². The van der Waals surface area contributed by atoms with Crippen LogP contribution in [-0.4, -0.2) is 17.9 Å². The Hall–Kier alpha value is -2.28. The molecule has 2 aromatic rings. The summed E-state index contributed by atoms with van der Waals surface area (Å²) in [5.41, 5.74) is 7.64. The molecular weight excluding hydrogens is 411 g/mol. The summed E-state index contributed by atoms with van der Waals surface area (Å²) in [7, 11) is 0. The second kappa shape index (κ2) is 10.5. The molecule has 0 unspecified atom stereocenters. The van der Waals surface area contributed by atoms with E-state index in [9.17, 15) is 9.59 Å². The van der Waals surface area contributed by atoms with Crippen molar-refractivity contribution >= 4 is 40.7 Å². The molecule has 0 fully saturated rings. The van der Waals surface area contributed by atoms with Gasteiger partial charge < -0.3 is 16.1 Å². The first kappa shape index (κ1) is 23.0. The number of hydrazine groups is 1. The van der Waals surface area contributed by atoms with Crippen molar-refractivity contribution < 1.29 is 9.59 Å². The summed E-state index contributed by atoms with van der Waals surface area (Å²) in [5, 5.41) is 5.31. The summed E-state index contributed by atoms with van der Waals surface area (Å²) in [6.45, 7) is 4.27. The van der Waals surface area contributed by atoms with Gasteiger partial charge in [0.25, 0.3) is 0 Å². The summed E-state index contributed by atoms with van der Waals surface area (Å²) in [6, 6.07) is 11.8. The van der Waals surface area contributed by atoms with E-state index in [-0.39, 0.29) is 18.2 Å². The van der Waals surface area contributed by atoms with Gasteiger partial charge in [-0.05, 0) is 41.7 Å². The van der Waals surface area contributed by atoms with Crippen molar-refractivity contribution in [1.82, 2.24) is 5.32 Å². The van der Waals surface area contributed by atoms with Gasteiger partial charge in [0.15, 0.2) is 0 Å². The van der Waals surface area contributed by atoms with Gasteiger partial charge in [0.1, 0.15) is 6.04 Å². The first-order valence-electron chi connectivity index (χ1n) is 9.30. The van der Waals surface area contributed by atoms with Crippen molar-refractivity contribution in [1.29, 1.82) is 0 Å². The molecule has 0 aliphatic carbocycles. The van der Waals surface area contributed by atoms with E-state index in [1.165, 1.54) is 5.01 Å². The van der Waals surface area contributed by atoms with Crippen molar-refractivity contribution in [2.24, 2.45) is 17.5 Å². The first-order valence-corrected chi connectivity index (χ1v) is 10.1. The van der Waals surface area contributed by atoms with Crippen LogP contribution < -0.4 is 21.9 Å². The third-order valence-electron chi connectivity index (χ3n) is 4.39. The number of para-hydroxylation sites is 1. The standard InChI is InChI=1S/C21H26Cl2N4O2/c1-13(2)9-18(21(24)29)26-20(28)10-14-5-3-4-6-19(14)27(25)12-15-7-8-16(22)11-17(15)23/h3-8,11,13,18H,9-10,12,25H2,1-2H3,(H2,24,29)(H,26,28)/t18-/m0/s1. The zero-order valence-corrected chi connectivity index (χ0v) is 18.0. The highest BCUT2D eigenvalue weighted by molar-refractivity contribution is 6.35. The molecule has 156 valence electrons. The Kier molecular flexibility index (Phi) is 8.32. The Morgan fingerprint density at radius 3 is 2.41 bits per heavy atom. The van der Waals surface area contributed by atoms with Gasteiger partial charge in [-0.2, -0.15) is 0 Å². The topological polar surface area (TPSA) is 101 Å². The Balaban J connectivity index is 2.13. The Bertz CT molecular complexity index is 874. The van der Waals surface area contributed by atoms with Gasteiger partial charge >= 0.3 is 0 Å². The lowest BCUT2D eigenvalue weighted by atomic mass is 10.0. The molecule has 2 aromatic carbocycles. The number of benzene rings is 2. The van der Waals surface area contributed by atoms with Crippen molar-refractivity contribution in [3.8, 4) is 0 Å². The van der Waals surface area contributed by atoms with Crippen LogP contribution in [0.1, 0.15) is 31.4 Å². The van der Waals surface area contributed by atoms with E-state index in [1.54, 1.807) is 12.1 Å². The fraction of sp³-hybridized carbons (Fsp3) is 0.333. The fourth-order valence-electron chi connectivity index (χ4n) is 3.00. The van der Waals surface area contributed by atoms with Gasteiger partial charge in [-0.3, -0.25) is 9.59 Å². The number of hydrogen-bond acceptors (Lipinski definition) is 4. The summed E-state index contributed by atoms with van der Waals surface area (Å²) in [4.78, 5) is 24.1. The van der Waals surface area contributed by atoms with Crippen molar-refractivity contribution in [2.75, 3.05) is 5.01 Å². The summed E-state index contributed by atoms with van der Waals surface area (Å²) in [5.74, 6) is 5.65. The highest BCUT2D eigenvalue weighted by Crippen LogP contribution is 2.25.